The molecule has 3 unspecified atom stereocenters. The highest BCUT2D eigenvalue weighted by Crippen LogP contribution is 2.31. The van der Waals surface area contributed by atoms with Crippen LogP contribution in [0.1, 0.15) is 46.9 Å². The first-order chi connectivity index (χ1) is 17.3. The second kappa shape index (κ2) is 10.9. The molecule has 9 heteroatoms. The van der Waals surface area contributed by atoms with Gasteiger partial charge in [0.1, 0.15) is 6.04 Å². The highest BCUT2D eigenvalue weighted by molar-refractivity contribution is 6.02. The number of anilines is 1. The first kappa shape index (κ1) is 25.3. The number of carbonyl (C=O) groups excluding carboxylic acids is 4. The van der Waals surface area contributed by atoms with Gasteiger partial charge >= 0.3 is 0 Å². The average molecular weight is 492 g/mol. The molecule has 0 radical (unpaired) electrons. The number of amides is 3. The predicted molar refractivity (Wildman–Crippen MR) is 136 cm³/mol. The Hall–Kier alpha value is -3.75. The molecule has 0 saturated carbocycles. The van der Waals surface area contributed by atoms with Crippen LogP contribution in [0, 0.1) is 5.92 Å². The van der Waals surface area contributed by atoms with Gasteiger partial charge in [0, 0.05) is 62.8 Å². The van der Waals surface area contributed by atoms with E-state index in [0.29, 0.717) is 43.5 Å². The molecule has 2 aromatic rings. The summed E-state index contributed by atoms with van der Waals surface area (Å²) in [5.74, 6) is -0.468. The number of rotatable bonds is 8. The number of fused-ring (bicyclic) bond motifs is 1. The van der Waals surface area contributed by atoms with E-state index in [1.807, 2.05) is 38.1 Å². The second-order valence-corrected chi connectivity index (χ2v) is 9.82. The number of hydrogen-bond donors (Lipinski definition) is 1. The normalized spacial score (nSPS) is 19.7. The van der Waals surface area contributed by atoms with Crippen molar-refractivity contribution in [2.24, 2.45) is 5.92 Å². The molecule has 0 spiro atoms. The molecule has 36 heavy (non-hydrogen) atoms. The van der Waals surface area contributed by atoms with Crippen LogP contribution in [-0.2, 0) is 9.59 Å². The third-order valence-corrected chi connectivity index (χ3v) is 7.02. The van der Waals surface area contributed by atoms with Gasteiger partial charge < -0.3 is 20.0 Å². The molecule has 2 fully saturated rings. The summed E-state index contributed by atoms with van der Waals surface area (Å²) in [7, 11) is 3.89. The maximum absolute atomic E-state index is 13.1. The van der Waals surface area contributed by atoms with Crippen LogP contribution >= 0.6 is 0 Å². The highest BCUT2D eigenvalue weighted by atomic mass is 16.2. The number of ketones is 1. The fraction of sp³-hybridized carbons (Fsp3) is 0.444. The Bertz CT molecular complexity index is 1120. The molecule has 0 aliphatic carbocycles. The van der Waals surface area contributed by atoms with Crippen molar-refractivity contribution in [2.45, 2.75) is 38.3 Å². The lowest BCUT2D eigenvalue weighted by atomic mass is 10.0. The van der Waals surface area contributed by atoms with Crippen molar-refractivity contribution in [1.82, 2.24) is 20.1 Å². The lowest BCUT2D eigenvalue weighted by molar-refractivity contribution is -0.137. The van der Waals surface area contributed by atoms with E-state index >= 15 is 0 Å². The van der Waals surface area contributed by atoms with E-state index in [0.717, 1.165) is 5.69 Å². The lowest BCUT2D eigenvalue weighted by Gasteiger charge is -2.25. The fourth-order valence-corrected chi connectivity index (χ4v) is 4.99. The van der Waals surface area contributed by atoms with Gasteiger partial charge in [0.2, 0.25) is 5.91 Å². The average Bonchev–Trinajstić information content (AvgIpc) is 3.45. The fourth-order valence-electron chi connectivity index (χ4n) is 4.99. The van der Waals surface area contributed by atoms with Gasteiger partial charge in [-0.1, -0.05) is 6.92 Å². The van der Waals surface area contributed by atoms with E-state index in [1.165, 1.54) is 0 Å². The molecule has 0 bridgehead atoms. The van der Waals surface area contributed by atoms with Gasteiger partial charge in [0.25, 0.3) is 11.8 Å². The van der Waals surface area contributed by atoms with Crippen molar-refractivity contribution in [3.05, 3.63) is 59.9 Å². The lowest BCUT2D eigenvalue weighted by Crippen LogP contribution is -2.44. The summed E-state index contributed by atoms with van der Waals surface area (Å²) in [6.45, 7) is 2.92. The van der Waals surface area contributed by atoms with Gasteiger partial charge in [-0.2, -0.15) is 0 Å². The molecule has 190 valence electrons. The van der Waals surface area contributed by atoms with Gasteiger partial charge in [-0.3, -0.25) is 24.2 Å². The quantitative estimate of drug-likeness (QED) is 0.606. The summed E-state index contributed by atoms with van der Waals surface area (Å²) in [6, 6.07) is 9.81. The molecule has 3 amide bonds. The van der Waals surface area contributed by atoms with Crippen LogP contribution in [0.15, 0.2) is 48.8 Å². The number of hydrogen-bond acceptors (Lipinski definition) is 6. The van der Waals surface area contributed by atoms with E-state index in [1.54, 1.807) is 46.5 Å². The maximum Gasteiger partial charge on any atom is 0.254 e. The molecule has 2 saturated heterocycles. The molecule has 2 aliphatic heterocycles. The molecular formula is C27H33N5O4. The summed E-state index contributed by atoms with van der Waals surface area (Å²) >= 11 is 0. The summed E-state index contributed by atoms with van der Waals surface area (Å²) in [4.78, 5) is 60.3. The van der Waals surface area contributed by atoms with Gasteiger partial charge in [-0.05, 0) is 55.2 Å². The van der Waals surface area contributed by atoms with Crippen LogP contribution in [0.4, 0.5) is 5.69 Å². The van der Waals surface area contributed by atoms with E-state index in [-0.39, 0.29) is 42.0 Å². The van der Waals surface area contributed by atoms with Crippen LogP contribution in [-0.4, -0.2) is 84.1 Å². The SMILES string of the molecule is CC(CCNC(=O)c1ccc(N(C)C)cc1)CC(=O)N1CCC2C1C(=O)CN2C(=O)c1ccncc1. The van der Waals surface area contributed by atoms with E-state index in [4.69, 9.17) is 0 Å². The van der Waals surface area contributed by atoms with Crippen LogP contribution in [0.25, 0.3) is 0 Å². The zero-order valence-electron chi connectivity index (χ0n) is 21.0. The zero-order chi connectivity index (χ0) is 25.8. The molecule has 3 atom stereocenters. The molecule has 1 aromatic carbocycles. The smallest absolute Gasteiger partial charge is 0.254 e. The van der Waals surface area contributed by atoms with Gasteiger partial charge in [-0.25, -0.2) is 0 Å². The zero-order valence-corrected chi connectivity index (χ0v) is 21.0. The van der Waals surface area contributed by atoms with Crippen LogP contribution in [0.3, 0.4) is 0 Å². The number of likely N-dealkylation sites (tertiary alicyclic amines) is 2. The topological polar surface area (TPSA) is 103 Å². The summed E-state index contributed by atoms with van der Waals surface area (Å²) in [5.41, 5.74) is 2.11. The van der Waals surface area contributed by atoms with E-state index in [9.17, 15) is 19.2 Å². The Labute approximate surface area is 211 Å². The third-order valence-electron chi connectivity index (χ3n) is 7.02. The van der Waals surface area contributed by atoms with E-state index < -0.39 is 6.04 Å². The van der Waals surface area contributed by atoms with Gasteiger partial charge in [0.05, 0.1) is 12.6 Å². The van der Waals surface area contributed by atoms with Crippen molar-refractivity contribution in [2.75, 3.05) is 38.6 Å². The number of aromatic nitrogens is 1. The number of carbonyl (C=O) groups is 4. The summed E-state index contributed by atoms with van der Waals surface area (Å²) in [5, 5.41) is 2.92. The largest absolute Gasteiger partial charge is 0.378 e. The number of benzene rings is 1. The number of nitrogens with zero attached hydrogens (tertiary/aromatic N) is 4. The van der Waals surface area contributed by atoms with Crippen LogP contribution in [0.5, 0.6) is 0 Å². The number of pyridine rings is 1. The Balaban J connectivity index is 1.26. The standard InChI is InChI=1S/C27H33N5O4/c1-18(8-14-29-26(35)19-4-6-21(7-5-19)30(2)3)16-24(34)31-15-11-22-25(31)23(33)17-32(22)27(36)20-9-12-28-13-10-20/h4-7,9-10,12-13,18,22,25H,8,11,14-17H2,1-3H3,(H,29,35). The highest BCUT2D eigenvalue weighted by Gasteiger charge is 2.51. The Kier molecular flexibility index (Phi) is 7.67. The van der Waals surface area contributed by atoms with Gasteiger partial charge in [0.15, 0.2) is 5.78 Å². The van der Waals surface area contributed by atoms with Crippen molar-refractivity contribution in [1.29, 1.82) is 0 Å². The minimum absolute atomic E-state index is 0.0252. The van der Waals surface area contributed by atoms with Crippen molar-refractivity contribution < 1.29 is 19.2 Å². The van der Waals surface area contributed by atoms with Crippen LogP contribution in [0.2, 0.25) is 0 Å². The molecule has 3 heterocycles. The Morgan fingerprint density at radius 3 is 2.42 bits per heavy atom. The first-order valence-corrected chi connectivity index (χ1v) is 12.3. The van der Waals surface area contributed by atoms with Gasteiger partial charge in [-0.15, -0.1) is 0 Å². The Morgan fingerprint density at radius 1 is 1.06 bits per heavy atom. The minimum Gasteiger partial charge on any atom is -0.378 e. The first-order valence-electron chi connectivity index (χ1n) is 12.3. The monoisotopic (exact) mass is 491 g/mol. The number of Topliss-reactive ketones (excluding diaryl/α,β-unsaturated/α-hetero) is 1. The maximum atomic E-state index is 13.1. The van der Waals surface area contributed by atoms with Crippen molar-refractivity contribution >= 4 is 29.2 Å². The molecular weight excluding hydrogens is 458 g/mol. The molecule has 1 aromatic heterocycles. The second-order valence-electron chi connectivity index (χ2n) is 9.82. The van der Waals surface area contributed by atoms with Crippen LogP contribution < -0.4 is 10.2 Å². The Morgan fingerprint density at radius 2 is 1.75 bits per heavy atom. The summed E-state index contributed by atoms with van der Waals surface area (Å²) < 4.78 is 0. The third kappa shape index (κ3) is 5.40. The molecule has 1 N–H and O–H groups in total. The molecule has 2 aliphatic rings. The van der Waals surface area contributed by atoms with Crippen molar-refractivity contribution in [3.8, 4) is 0 Å². The van der Waals surface area contributed by atoms with E-state index in [2.05, 4.69) is 10.3 Å². The molecule has 4 rings (SSSR count). The predicted octanol–water partition coefficient (Wildman–Crippen LogP) is 1.99. The minimum atomic E-state index is -0.569. The number of nitrogens with one attached hydrogen (secondary N) is 1. The molecule has 9 nitrogen and oxygen atoms in total. The van der Waals surface area contributed by atoms with Crippen molar-refractivity contribution in [3.63, 3.8) is 0 Å². The summed E-state index contributed by atoms with van der Waals surface area (Å²) in [6.07, 6.45) is 4.64.